The van der Waals surface area contributed by atoms with Crippen LogP contribution in [0.2, 0.25) is 0 Å². The molecule has 2 aromatic rings. The van der Waals surface area contributed by atoms with Gasteiger partial charge in [-0.15, -0.1) is 0 Å². The maximum absolute atomic E-state index is 4.33. The minimum atomic E-state index is 0.792. The molecule has 0 spiro atoms. The maximum atomic E-state index is 4.33. The molecule has 2 aromatic heterocycles. The van der Waals surface area contributed by atoms with E-state index in [4.69, 9.17) is 0 Å². The molecule has 2 heterocycles. The fraction of sp³-hybridized carbons (Fsp3) is 0.615. The van der Waals surface area contributed by atoms with Crippen molar-refractivity contribution in [2.24, 2.45) is 13.0 Å². The van der Waals surface area contributed by atoms with E-state index in [9.17, 15) is 0 Å². The van der Waals surface area contributed by atoms with Crippen molar-refractivity contribution in [1.82, 2.24) is 19.7 Å². The van der Waals surface area contributed by atoms with Crippen LogP contribution in [0.15, 0.2) is 12.5 Å². The van der Waals surface area contributed by atoms with Crippen LogP contribution in [0.1, 0.15) is 32.1 Å². The van der Waals surface area contributed by atoms with E-state index in [1.54, 1.807) is 11.0 Å². The molecular formula is C13H19N5. The second-order valence-electron chi connectivity index (χ2n) is 5.11. The second kappa shape index (κ2) is 4.92. The van der Waals surface area contributed by atoms with Crippen molar-refractivity contribution >= 4 is 16.9 Å². The van der Waals surface area contributed by atoms with Crippen LogP contribution in [0.25, 0.3) is 11.0 Å². The molecule has 0 bridgehead atoms. The van der Waals surface area contributed by atoms with Gasteiger partial charge in [0.2, 0.25) is 0 Å². The number of nitrogens with zero attached hydrogens (tertiary/aromatic N) is 4. The van der Waals surface area contributed by atoms with Crippen LogP contribution in [0, 0.1) is 5.92 Å². The molecule has 1 aliphatic rings. The minimum Gasteiger partial charge on any atom is -0.369 e. The summed E-state index contributed by atoms with van der Waals surface area (Å²) in [5, 5.41) is 8.70. The van der Waals surface area contributed by atoms with Crippen LogP contribution in [-0.4, -0.2) is 26.3 Å². The summed E-state index contributed by atoms with van der Waals surface area (Å²) in [6.07, 6.45) is 10.3. The number of hydrogen-bond acceptors (Lipinski definition) is 4. The van der Waals surface area contributed by atoms with E-state index in [0.29, 0.717) is 0 Å². The van der Waals surface area contributed by atoms with Crippen LogP contribution < -0.4 is 5.32 Å². The molecule has 0 saturated heterocycles. The summed E-state index contributed by atoms with van der Waals surface area (Å²) in [6.45, 7) is 1.01. The van der Waals surface area contributed by atoms with Crippen molar-refractivity contribution in [3.63, 3.8) is 0 Å². The average Bonchev–Trinajstić information content (AvgIpc) is 2.80. The van der Waals surface area contributed by atoms with Gasteiger partial charge >= 0.3 is 0 Å². The Morgan fingerprint density at radius 1 is 1.28 bits per heavy atom. The lowest BCUT2D eigenvalue weighted by Crippen LogP contribution is -2.17. The van der Waals surface area contributed by atoms with Crippen LogP contribution in [0.4, 0.5) is 5.82 Å². The molecule has 0 aromatic carbocycles. The maximum Gasteiger partial charge on any atom is 0.163 e. The van der Waals surface area contributed by atoms with E-state index in [2.05, 4.69) is 20.4 Å². The molecule has 1 N–H and O–H groups in total. The lowest BCUT2D eigenvalue weighted by Gasteiger charge is -2.22. The Morgan fingerprint density at radius 3 is 2.94 bits per heavy atom. The van der Waals surface area contributed by atoms with Crippen molar-refractivity contribution < 1.29 is 0 Å². The predicted octanol–water partition coefficient (Wildman–Crippen LogP) is 2.36. The third kappa shape index (κ3) is 2.17. The Balaban J connectivity index is 1.74. The Bertz CT molecular complexity index is 527. The van der Waals surface area contributed by atoms with Gasteiger partial charge in [-0.2, -0.15) is 5.10 Å². The molecular weight excluding hydrogens is 226 g/mol. The van der Waals surface area contributed by atoms with Crippen molar-refractivity contribution in [2.75, 3.05) is 11.9 Å². The highest BCUT2D eigenvalue weighted by atomic mass is 15.3. The first kappa shape index (κ1) is 11.4. The quantitative estimate of drug-likeness (QED) is 0.902. The van der Waals surface area contributed by atoms with Gasteiger partial charge in [-0.05, 0) is 18.8 Å². The molecule has 0 unspecified atom stereocenters. The number of aryl methyl sites for hydroxylation is 1. The third-order valence-corrected chi connectivity index (χ3v) is 3.81. The second-order valence-corrected chi connectivity index (χ2v) is 5.11. The fourth-order valence-corrected chi connectivity index (χ4v) is 2.74. The molecule has 1 aliphatic carbocycles. The zero-order chi connectivity index (χ0) is 12.4. The van der Waals surface area contributed by atoms with Gasteiger partial charge in [0, 0.05) is 13.6 Å². The largest absolute Gasteiger partial charge is 0.369 e. The summed E-state index contributed by atoms with van der Waals surface area (Å²) >= 11 is 0. The smallest absolute Gasteiger partial charge is 0.163 e. The Kier molecular flexibility index (Phi) is 3.13. The number of hydrogen-bond donors (Lipinski definition) is 1. The van der Waals surface area contributed by atoms with Crippen molar-refractivity contribution in [1.29, 1.82) is 0 Å². The fourth-order valence-electron chi connectivity index (χ4n) is 2.74. The average molecular weight is 245 g/mol. The van der Waals surface area contributed by atoms with E-state index in [0.717, 1.165) is 29.3 Å². The number of aromatic nitrogens is 4. The summed E-state index contributed by atoms with van der Waals surface area (Å²) in [6, 6.07) is 0. The molecule has 18 heavy (non-hydrogen) atoms. The molecule has 96 valence electrons. The Labute approximate surface area is 107 Å². The SMILES string of the molecule is Cn1ncc2c(NCC3CCCCC3)ncnc21. The van der Waals surface area contributed by atoms with Gasteiger partial charge in [0.15, 0.2) is 5.65 Å². The molecule has 5 heteroatoms. The summed E-state index contributed by atoms with van der Waals surface area (Å²) in [4.78, 5) is 8.57. The number of nitrogens with one attached hydrogen (secondary N) is 1. The summed E-state index contributed by atoms with van der Waals surface area (Å²) < 4.78 is 1.78. The van der Waals surface area contributed by atoms with E-state index in [-0.39, 0.29) is 0 Å². The van der Waals surface area contributed by atoms with E-state index < -0.39 is 0 Å². The predicted molar refractivity (Wildman–Crippen MR) is 71.4 cm³/mol. The minimum absolute atomic E-state index is 0.792. The molecule has 5 nitrogen and oxygen atoms in total. The van der Waals surface area contributed by atoms with Crippen LogP contribution in [0.5, 0.6) is 0 Å². The van der Waals surface area contributed by atoms with Gasteiger partial charge in [-0.3, -0.25) is 4.68 Å². The molecule has 0 aliphatic heterocycles. The molecule has 3 rings (SSSR count). The lowest BCUT2D eigenvalue weighted by atomic mass is 9.89. The van der Waals surface area contributed by atoms with Gasteiger partial charge < -0.3 is 5.32 Å². The molecule has 1 fully saturated rings. The number of anilines is 1. The standard InChI is InChI=1S/C13H19N5/c1-18-13-11(8-17-18)12(15-9-16-13)14-7-10-5-3-2-4-6-10/h8-10H,2-7H2,1H3,(H,14,15,16). The van der Waals surface area contributed by atoms with Gasteiger partial charge in [-0.25, -0.2) is 9.97 Å². The van der Waals surface area contributed by atoms with E-state index in [1.165, 1.54) is 32.1 Å². The highest BCUT2D eigenvalue weighted by Gasteiger charge is 2.14. The highest BCUT2D eigenvalue weighted by molar-refractivity contribution is 5.85. The summed E-state index contributed by atoms with van der Waals surface area (Å²) in [5.74, 6) is 1.71. The first-order valence-corrected chi connectivity index (χ1v) is 6.71. The number of rotatable bonds is 3. The van der Waals surface area contributed by atoms with Crippen molar-refractivity contribution in [3.8, 4) is 0 Å². The first-order valence-electron chi connectivity index (χ1n) is 6.71. The monoisotopic (exact) mass is 245 g/mol. The molecule has 1 saturated carbocycles. The molecule has 0 amide bonds. The first-order chi connectivity index (χ1) is 8.84. The summed E-state index contributed by atoms with van der Waals surface area (Å²) in [7, 11) is 1.90. The van der Waals surface area contributed by atoms with Crippen LogP contribution >= 0.6 is 0 Å². The van der Waals surface area contributed by atoms with Gasteiger partial charge in [-0.1, -0.05) is 19.3 Å². The summed E-state index contributed by atoms with van der Waals surface area (Å²) in [5.41, 5.74) is 0.885. The van der Waals surface area contributed by atoms with Crippen LogP contribution in [0.3, 0.4) is 0 Å². The van der Waals surface area contributed by atoms with Crippen molar-refractivity contribution in [2.45, 2.75) is 32.1 Å². The van der Waals surface area contributed by atoms with E-state index >= 15 is 0 Å². The van der Waals surface area contributed by atoms with Gasteiger partial charge in [0.25, 0.3) is 0 Å². The normalized spacial score (nSPS) is 17.2. The van der Waals surface area contributed by atoms with Crippen molar-refractivity contribution in [3.05, 3.63) is 12.5 Å². The topological polar surface area (TPSA) is 55.6 Å². The third-order valence-electron chi connectivity index (χ3n) is 3.81. The highest BCUT2D eigenvalue weighted by Crippen LogP contribution is 2.25. The van der Waals surface area contributed by atoms with Gasteiger partial charge in [0.05, 0.1) is 11.6 Å². The zero-order valence-corrected chi connectivity index (χ0v) is 10.8. The zero-order valence-electron chi connectivity index (χ0n) is 10.8. The Morgan fingerprint density at radius 2 is 2.11 bits per heavy atom. The van der Waals surface area contributed by atoms with Crippen LogP contribution in [-0.2, 0) is 7.05 Å². The van der Waals surface area contributed by atoms with Gasteiger partial charge in [0.1, 0.15) is 12.1 Å². The lowest BCUT2D eigenvalue weighted by molar-refractivity contribution is 0.373. The van der Waals surface area contributed by atoms with E-state index in [1.807, 2.05) is 13.2 Å². The molecule has 0 radical (unpaired) electrons. The Hall–Kier alpha value is -1.65. The number of fused-ring (bicyclic) bond motifs is 1. The molecule has 0 atom stereocenters.